The zero-order chi connectivity index (χ0) is 25.3. The molecule has 3 aliphatic rings. The largest absolute Gasteiger partial charge is 0.497 e. The van der Waals surface area contributed by atoms with E-state index in [0.29, 0.717) is 42.8 Å². The summed E-state index contributed by atoms with van der Waals surface area (Å²) in [6, 6.07) is 6.54. The monoisotopic (exact) mass is 482 g/mol. The standard InChI is InChI=1S/C26H30N2O7/c1-24(2,3)35-23(32)28-8-7-25-13-19-15(9-17(22(30)31)21(29)27-19)12-26(25,33)20(28)10-14-5-6-16(34-4)11-18(14)25/h5-6,9,11,20,33H,7-8,10,12-13H2,1-4H3,(H,27,29)(H,30,31)/t20-,25?,26-/m1/s1. The fraction of sp³-hybridized carbons (Fsp3) is 0.500. The van der Waals surface area contributed by atoms with Gasteiger partial charge in [0.05, 0.1) is 18.8 Å². The number of carbonyl (C=O) groups excluding carboxylic acids is 1. The molecule has 35 heavy (non-hydrogen) atoms. The first-order valence-corrected chi connectivity index (χ1v) is 11.8. The van der Waals surface area contributed by atoms with Crippen molar-refractivity contribution in [2.75, 3.05) is 13.7 Å². The van der Waals surface area contributed by atoms with Gasteiger partial charge in [-0.15, -0.1) is 0 Å². The number of hydrogen-bond donors (Lipinski definition) is 3. The molecule has 1 saturated heterocycles. The molecule has 1 unspecified atom stereocenters. The van der Waals surface area contributed by atoms with Gasteiger partial charge in [-0.25, -0.2) is 9.59 Å². The van der Waals surface area contributed by atoms with Crippen LogP contribution in [0.1, 0.15) is 59.9 Å². The first-order chi connectivity index (χ1) is 16.4. The highest BCUT2D eigenvalue weighted by Gasteiger charge is 2.65. The van der Waals surface area contributed by atoms with Crippen molar-refractivity contribution in [2.24, 2.45) is 0 Å². The van der Waals surface area contributed by atoms with Crippen molar-refractivity contribution in [2.45, 2.75) is 69.1 Å². The molecule has 0 spiro atoms. The summed E-state index contributed by atoms with van der Waals surface area (Å²) in [7, 11) is 1.59. The molecule has 3 atom stereocenters. The molecule has 9 heteroatoms. The number of aromatic nitrogens is 1. The van der Waals surface area contributed by atoms with E-state index >= 15 is 0 Å². The number of pyridine rings is 1. The predicted octanol–water partition coefficient (Wildman–Crippen LogP) is 2.41. The van der Waals surface area contributed by atoms with Crippen molar-refractivity contribution in [1.82, 2.24) is 9.88 Å². The summed E-state index contributed by atoms with van der Waals surface area (Å²) >= 11 is 0. The number of nitrogens with one attached hydrogen (secondary N) is 1. The first-order valence-electron chi connectivity index (χ1n) is 11.8. The van der Waals surface area contributed by atoms with Gasteiger partial charge in [0.25, 0.3) is 5.56 Å². The molecule has 1 aliphatic heterocycles. The number of rotatable bonds is 2. The van der Waals surface area contributed by atoms with Gasteiger partial charge in [0, 0.05) is 30.5 Å². The maximum atomic E-state index is 13.2. The van der Waals surface area contributed by atoms with E-state index in [-0.39, 0.29) is 12.0 Å². The molecule has 9 nitrogen and oxygen atoms in total. The van der Waals surface area contributed by atoms with Gasteiger partial charge in [-0.3, -0.25) is 4.79 Å². The Balaban J connectivity index is 1.70. The van der Waals surface area contributed by atoms with Crippen molar-refractivity contribution in [1.29, 1.82) is 0 Å². The Bertz CT molecular complexity index is 1290. The van der Waals surface area contributed by atoms with Gasteiger partial charge < -0.3 is 29.6 Å². The Morgan fingerprint density at radius 2 is 1.91 bits per heavy atom. The molecule has 1 aromatic carbocycles. The third-order valence-electron chi connectivity index (χ3n) is 7.79. The SMILES string of the molecule is COc1ccc2c(c1)C13CCN(C(=O)OC(C)(C)C)[C@H](C2)[C@]1(O)Cc1cc(C(=O)O)c(=O)[nH]c1C3. The highest BCUT2D eigenvalue weighted by Crippen LogP contribution is 2.57. The normalized spacial score (nSPS) is 26.8. The molecule has 3 N–H and O–H groups in total. The molecule has 2 bridgehead atoms. The zero-order valence-corrected chi connectivity index (χ0v) is 20.3. The van der Waals surface area contributed by atoms with Crippen LogP contribution in [0.5, 0.6) is 5.75 Å². The number of carboxylic acids is 1. The molecule has 1 aromatic heterocycles. The predicted molar refractivity (Wildman–Crippen MR) is 126 cm³/mol. The van der Waals surface area contributed by atoms with Gasteiger partial charge in [0.2, 0.25) is 0 Å². The highest BCUT2D eigenvalue weighted by molar-refractivity contribution is 5.87. The summed E-state index contributed by atoms with van der Waals surface area (Å²) in [6.45, 7) is 5.79. The molecule has 2 heterocycles. The van der Waals surface area contributed by atoms with Gasteiger partial charge in [-0.2, -0.15) is 0 Å². The Hall–Kier alpha value is -3.33. The van der Waals surface area contributed by atoms with Crippen LogP contribution in [0.2, 0.25) is 0 Å². The third-order valence-corrected chi connectivity index (χ3v) is 7.79. The van der Waals surface area contributed by atoms with Crippen molar-refractivity contribution < 1.29 is 29.3 Å². The van der Waals surface area contributed by atoms with E-state index in [2.05, 4.69) is 4.98 Å². The van der Waals surface area contributed by atoms with Crippen LogP contribution in [0.15, 0.2) is 29.1 Å². The van der Waals surface area contributed by atoms with Crippen LogP contribution in [0, 0.1) is 0 Å². The van der Waals surface area contributed by atoms with Gasteiger partial charge in [-0.1, -0.05) is 6.07 Å². The Kier molecular flexibility index (Phi) is 5.07. The minimum Gasteiger partial charge on any atom is -0.497 e. The van der Waals surface area contributed by atoms with E-state index in [1.807, 2.05) is 18.2 Å². The van der Waals surface area contributed by atoms with Crippen LogP contribution in [0.25, 0.3) is 0 Å². The minimum atomic E-state index is -1.40. The molecule has 0 saturated carbocycles. The number of aromatic amines is 1. The van der Waals surface area contributed by atoms with E-state index < -0.39 is 40.3 Å². The fourth-order valence-electron chi connectivity index (χ4n) is 6.26. The number of amides is 1. The quantitative estimate of drug-likeness (QED) is 0.599. The van der Waals surface area contributed by atoms with Gasteiger partial charge in [-0.05, 0) is 68.5 Å². The molecular weight excluding hydrogens is 452 g/mol. The zero-order valence-electron chi connectivity index (χ0n) is 20.3. The number of H-pyrrole nitrogens is 1. The number of likely N-dealkylation sites (tertiary alicyclic amines) is 1. The van der Waals surface area contributed by atoms with Gasteiger partial charge in [0.1, 0.15) is 16.9 Å². The van der Waals surface area contributed by atoms with Crippen molar-refractivity contribution >= 4 is 12.1 Å². The highest BCUT2D eigenvalue weighted by atomic mass is 16.6. The number of methoxy groups -OCH3 is 1. The molecule has 5 rings (SSSR count). The average Bonchev–Trinajstić information content (AvgIpc) is 2.75. The lowest BCUT2D eigenvalue weighted by molar-refractivity contribution is -0.147. The lowest BCUT2D eigenvalue weighted by Gasteiger charge is -2.63. The van der Waals surface area contributed by atoms with Crippen LogP contribution in [0.4, 0.5) is 4.79 Å². The summed E-state index contributed by atoms with van der Waals surface area (Å²) in [4.78, 5) is 41.7. The van der Waals surface area contributed by atoms with Crippen LogP contribution < -0.4 is 10.3 Å². The molecule has 2 aromatic rings. The maximum absolute atomic E-state index is 13.2. The van der Waals surface area contributed by atoms with E-state index in [1.165, 1.54) is 6.07 Å². The topological polar surface area (TPSA) is 129 Å². The molecule has 1 amide bonds. The number of carboxylic acid groups (broad SMARTS) is 1. The number of benzene rings is 1. The lowest BCUT2D eigenvalue weighted by atomic mass is 9.49. The molecular formula is C26H30N2O7. The second-order valence-electron chi connectivity index (χ2n) is 10.8. The molecule has 1 fully saturated rings. The smallest absolute Gasteiger partial charge is 0.410 e. The Labute approximate surface area is 202 Å². The maximum Gasteiger partial charge on any atom is 0.410 e. The number of carbonyl (C=O) groups is 2. The summed E-state index contributed by atoms with van der Waals surface area (Å²) in [5.74, 6) is -0.662. The number of aromatic carboxylic acids is 1. The fourth-order valence-corrected chi connectivity index (χ4v) is 6.26. The minimum absolute atomic E-state index is 0.0972. The summed E-state index contributed by atoms with van der Waals surface area (Å²) < 4.78 is 11.2. The third kappa shape index (κ3) is 3.43. The van der Waals surface area contributed by atoms with Crippen LogP contribution in [-0.4, -0.2) is 63.1 Å². The number of nitrogens with zero attached hydrogens (tertiary/aromatic N) is 1. The second-order valence-corrected chi connectivity index (χ2v) is 10.8. The van der Waals surface area contributed by atoms with Crippen LogP contribution >= 0.6 is 0 Å². The van der Waals surface area contributed by atoms with Crippen molar-refractivity contribution in [3.8, 4) is 5.75 Å². The number of aliphatic hydroxyl groups is 1. The molecule has 186 valence electrons. The summed E-state index contributed by atoms with van der Waals surface area (Å²) in [5, 5.41) is 22.0. The van der Waals surface area contributed by atoms with Crippen molar-refractivity contribution in [3.63, 3.8) is 0 Å². The van der Waals surface area contributed by atoms with Crippen LogP contribution in [-0.2, 0) is 29.4 Å². The van der Waals surface area contributed by atoms with E-state index in [9.17, 15) is 24.6 Å². The summed E-state index contributed by atoms with van der Waals surface area (Å²) in [5.41, 5.74) is -0.787. The van der Waals surface area contributed by atoms with Crippen molar-refractivity contribution in [3.05, 3.63) is 62.6 Å². The molecule has 2 aliphatic carbocycles. The molecule has 0 radical (unpaired) electrons. The Morgan fingerprint density at radius 1 is 1.17 bits per heavy atom. The second kappa shape index (κ2) is 7.58. The number of ether oxygens (including phenoxy) is 2. The van der Waals surface area contributed by atoms with Gasteiger partial charge >= 0.3 is 12.1 Å². The average molecular weight is 483 g/mol. The number of hydrogen-bond acceptors (Lipinski definition) is 6. The van der Waals surface area contributed by atoms with E-state index in [4.69, 9.17) is 9.47 Å². The van der Waals surface area contributed by atoms with Crippen LogP contribution in [0.3, 0.4) is 0 Å². The number of piperidine rings is 1. The number of fused-ring (bicyclic) bond motifs is 2. The lowest BCUT2D eigenvalue weighted by Crippen LogP contribution is -2.75. The van der Waals surface area contributed by atoms with E-state index in [0.717, 1.165) is 11.1 Å². The summed E-state index contributed by atoms with van der Waals surface area (Å²) in [6.07, 6.45) is 0.787. The first kappa shape index (κ1) is 23.4. The Morgan fingerprint density at radius 3 is 2.57 bits per heavy atom. The van der Waals surface area contributed by atoms with Gasteiger partial charge in [0.15, 0.2) is 0 Å². The van der Waals surface area contributed by atoms with E-state index in [1.54, 1.807) is 32.8 Å².